The van der Waals surface area contributed by atoms with Crippen LogP contribution in [0.15, 0.2) is 30.3 Å². The highest BCUT2D eigenvalue weighted by Crippen LogP contribution is 2.32. The Hall–Kier alpha value is -2.75. The lowest BCUT2D eigenvalue weighted by molar-refractivity contribution is -0.141. The number of ether oxygens (including phenoxy) is 1. The Balaban J connectivity index is 2.47. The van der Waals surface area contributed by atoms with E-state index in [1.807, 2.05) is 0 Å². The molecule has 1 aromatic heterocycles. The SMILES string of the molecule is Cc1ccc(N)cc1Oc1nc(C(F)(F)F)ccc1C#N. The zero-order valence-corrected chi connectivity index (χ0v) is 10.9. The molecule has 0 saturated heterocycles. The summed E-state index contributed by atoms with van der Waals surface area (Å²) in [4.78, 5) is 3.37. The van der Waals surface area contributed by atoms with Crippen molar-refractivity contribution in [1.82, 2.24) is 4.98 Å². The van der Waals surface area contributed by atoms with Crippen LogP contribution < -0.4 is 10.5 Å². The molecule has 0 saturated carbocycles. The van der Waals surface area contributed by atoms with Gasteiger partial charge in [-0.2, -0.15) is 18.4 Å². The van der Waals surface area contributed by atoms with Crippen LogP contribution in [0.5, 0.6) is 11.6 Å². The van der Waals surface area contributed by atoms with E-state index in [-0.39, 0.29) is 11.3 Å². The van der Waals surface area contributed by atoms with Crippen LogP contribution in [0.1, 0.15) is 16.8 Å². The quantitative estimate of drug-likeness (QED) is 0.858. The molecule has 1 aromatic carbocycles. The summed E-state index contributed by atoms with van der Waals surface area (Å²) in [5, 5.41) is 8.94. The molecule has 0 radical (unpaired) electrons. The Morgan fingerprint density at radius 3 is 2.57 bits per heavy atom. The monoisotopic (exact) mass is 293 g/mol. The number of nitriles is 1. The van der Waals surface area contributed by atoms with Crippen LogP contribution in [0.25, 0.3) is 0 Å². The maximum atomic E-state index is 12.7. The van der Waals surface area contributed by atoms with Gasteiger partial charge in [-0.05, 0) is 30.7 Å². The Morgan fingerprint density at radius 1 is 1.24 bits per heavy atom. The average molecular weight is 293 g/mol. The van der Waals surface area contributed by atoms with Crippen LogP contribution >= 0.6 is 0 Å². The Bertz CT molecular complexity index is 720. The number of aromatic nitrogens is 1. The molecule has 0 aliphatic carbocycles. The summed E-state index contributed by atoms with van der Waals surface area (Å²) >= 11 is 0. The van der Waals surface area contributed by atoms with Crippen LogP contribution in [0.3, 0.4) is 0 Å². The number of nitrogens with zero attached hydrogens (tertiary/aromatic N) is 2. The molecular weight excluding hydrogens is 283 g/mol. The lowest BCUT2D eigenvalue weighted by atomic mass is 10.2. The largest absolute Gasteiger partial charge is 0.437 e. The number of hydrogen-bond acceptors (Lipinski definition) is 4. The average Bonchev–Trinajstić information content (AvgIpc) is 2.42. The molecule has 0 aliphatic rings. The molecule has 2 N–H and O–H groups in total. The number of aryl methyl sites for hydroxylation is 1. The smallest absolute Gasteiger partial charge is 0.433 e. The molecule has 2 aromatic rings. The Labute approximate surface area is 118 Å². The fourth-order valence-corrected chi connectivity index (χ4v) is 1.59. The van der Waals surface area contributed by atoms with Gasteiger partial charge in [-0.1, -0.05) is 6.07 Å². The molecule has 0 aliphatic heterocycles. The van der Waals surface area contributed by atoms with Gasteiger partial charge in [0.1, 0.15) is 23.1 Å². The van der Waals surface area contributed by atoms with Gasteiger partial charge in [-0.25, -0.2) is 4.98 Å². The number of pyridine rings is 1. The molecule has 21 heavy (non-hydrogen) atoms. The Kier molecular flexibility index (Phi) is 3.72. The third-order valence-electron chi connectivity index (χ3n) is 2.69. The first-order valence-electron chi connectivity index (χ1n) is 5.83. The molecule has 108 valence electrons. The second kappa shape index (κ2) is 5.32. The lowest BCUT2D eigenvalue weighted by Gasteiger charge is -2.12. The van der Waals surface area contributed by atoms with Crippen molar-refractivity contribution in [2.24, 2.45) is 0 Å². The highest BCUT2D eigenvalue weighted by Gasteiger charge is 2.33. The molecule has 0 unspecified atom stereocenters. The van der Waals surface area contributed by atoms with Crippen molar-refractivity contribution in [3.05, 3.63) is 47.2 Å². The zero-order chi connectivity index (χ0) is 15.6. The van der Waals surface area contributed by atoms with Gasteiger partial charge >= 0.3 is 6.18 Å². The summed E-state index contributed by atoms with van der Waals surface area (Å²) in [6.07, 6.45) is -4.61. The maximum absolute atomic E-state index is 12.7. The summed E-state index contributed by atoms with van der Waals surface area (Å²) in [5.41, 5.74) is 5.44. The van der Waals surface area contributed by atoms with Gasteiger partial charge in [0, 0.05) is 11.8 Å². The van der Waals surface area contributed by atoms with Crippen molar-refractivity contribution in [3.63, 3.8) is 0 Å². The molecule has 0 fully saturated rings. The molecule has 0 atom stereocenters. The molecule has 0 amide bonds. The van der Waals surface area contributed by atoms with Gasteiger partial charge in [0.05, 0.1) is 0 Å². The van der Waals surface area contributed by atoms with E-state index in [1.54, 1.807) is 25.1 Å². The molecule has 7 heteroatoms. The molecule has 4 nitrogen and oxygen atoms in total. The highest BCUT2D eigenvalue weighted by atomic mass is 19.4. The Morgan fingerprint density at radius 2 is 1.95 bits per heavy atom. The fraction of sp³-hybridized carbons (Fsp3) is 0.143. The van der Waals surface area contributed by atoms with Crippen LogP contribution in [0, 0.1) is 18.3 Å². The van der Waals surface area contributed by atoms with Gasteiger partial charge in [-0.3, -0.25) is 0 Å². The van der Waals surface area contributed by atoms with E-state index in [0.29, 0.717) is 11.3 Å². The molecule has 0 bridgehead atoms. The number of nitrogens with two attached hydrogens (primary N) is 1. The number of hydrogen-bond donors (Lipinski definition) is 1. The maximum Gasteiger partial charge on any atom is 0.433 e. The minimum Gasteiger partial charge on any atom is -0.437 e. The van der Waals surface area contributed by atoms with E-state index >= 15 is 0 Å². The number of anilines is 1. The normalized spacial score (nSPS) is 11.0. The standard InChI is InChI=1S/C14H10F3N3O/c1-8-2-4-10(19)6-11(8)21-13-9(7-18)3-5-12(20-13)14(15,16)17/h2-6H,19H2,1H3. The molecule has 0 spiro atoms. The first-order chi connectivity index (χ1) is 9.81. The summed E-state index contributed by atoms with van der Waals surface area (Å²) in [7, 11) is 0. The van der Waals surface area contributed by atoms with Crippen molar-refractivity contribution in [2.45, 2.75) is 13.1 Å². The highest BCUT2D eigenvalue weighted by molar-refractivity contribution is 5.50. The van der Waals surface area contributed by atoms with Crippen LogP contribution in [-0.4, -0.2) is 4.98 Å². The predicted octanol–water partition coefficient (Wildman–Crippen LogP) is 3.66. The lowest BCUT2D eigenvalue weighted by Crippen LogP contribution is -2.09. The van der Waals surface area contributed by atoms with Crippen LogP contribution in [0.2, 0.25) is 0 Å². The summed E-state index contributed by atoms with van der Waals surface area (Å²) < 4.78 is 43.3. The minimum absolute atomic E-state index is 0.0928. The summed E-state index contributed by atoms with van der Waals surface area (Å²) in [6, 6.07) is 8.24. The number of benzene rings is 1. The van der Waals surface area contributed by atoms with E-state index in [0.717, 1.165) is 12.1 Å². The molecule has 1 heterocycles. The predicted molar refractivity (Wildman–Crippen MR) is 69.6 cm³/mol. The third kappa shape index (κ3) is 3.23. The van der Waals surface area contributed by atoms with E-state index in [1.165, 1.54) is 6.07 Å². The number of nitrogen functional groups attached to an aromatic ring is 1. The third-order valence-corrected chi connectivity index (χ3v) is 2.69. The number of alkyl halides is 3. The van der Waals surface area contributed by atoms with Gasteiger partial charge in [0.25, 0.3) is 0 Å². The summed E-state index contributed by atoms with van der Waals surface area (Å²) in [6.45, 7) is 1.70. The number of rotatable bonds is 2. The topological polar surface area (TPSA) is 71.9 Å². The van der Waals surface area contributed by atoms with Crippen molar-refractivity contribution in [1.29, 1.82) is 5.26 Å². The summed E-state index contributed by atoms with van der Waals surface area (Å²) in [5.74, 6) is -0.153. The van der Waals surface area contributed by atoms with E-state index in [9.17, 15) is 13.2 Å². The second-order valence-corrected chi connectivity index (χ2v) is 4.29. The van der Waals surface area contributed by atoms with Crippen molar-refractivity contribution in [2.75, 3.05) is 5.73 Å². The van der Waals surface area contributed by atoms with Crippen molar-refractivity contribution in [3.8, 4) is 17.7 Å². The fourth-order valence-electron chi connectivity index (χ4n) is 1.59. The zero-order valence-electron chi connectivity index (χ0n) is 10.9. The van der Waals surface area contributed by atoms with Gasteiger partial charge in [-0.15, -0.1) is 0 Å². The molecular formula is C14H10F3N3O. The minimum atomic E-state index is -4.61. The van der Waals surface area contributed by atoms with Crippen LogP contribution in [0.4, 0.5) is 18.9 Å². The first kappa shape index (κ1) is 14.7. The molecule has 2 rings (SSSR count). The van der Waals surface area contributed by atoms with E-state index < -0.39 is 17.8 Å². The first-order valence-corrected chi connectivity index (χ1v) is 5.83. The van der Waals surface area contributed by atoms with Crippen LogP contribution in [-0.2, 0) is 6.18 Å². The second-order valence-electron chi connectivity index (χ2n) is 4.29. The van der Waals surface area contributed by atoms with E-state index in [2.05, 4.69) is 4.98 Å². The van der Waals surface area contributed by atoms with Gasteiger partial charge in [0.15, 0.2) is 0 Å². The van der Waals surface area contributed by atoms with Gasteiger partial charge < -0.3 is 10.5 Å². The van der Waals surface area contributed by atoms with Gasteiger partial charge in [0.2, 0.25) is 5.88 Å². The van der Waals surface area contributed by atoms with E-state index in [4.69, 9.17) is 15.7 Å². The number of halogens is 3. The van der Waals surface area contributed by atoms with Crippen molar-refractivity contribution < 1.29 is 17.9 Å². The van der Waals surface area contributed by atoms with Crippen molar-refractivity contribution >= 4 is 5.69 Å².